The first-order valence-corrected chi connectivity index (χ1v) is 9.38. The second-order valence-electron chi connectivity index (χ2n) is 6.48. The van der Waals surface area contributed by atoms with Gasteiger partial charge in [0.2, 0.25) is 0 Å². The number of hydrogen-bond donors (Lipinski definition) is 2. The molecule has 1 unspecified atom stereocenters. The maximum atomic E-state index is 12.9. The number of carbonyl (C=O) groups is 1. The highest BCUT2D eigenvalue weighted by atomic mass is 16.6. The zero-order valence-electron chi connectivity index (χ0n) is 16.4. The Morgan fingerprint density at radius 3 is 2.57 bits per heavy atom. The van der Waals surface area contributed by atoms with Crippen molar-refractivity contribution in [3.8, 4) is 0 Å². The minimum Gasteiger partial charge on any atom is -0.383 e. The lowest BCUT2D eigenvalue weighted by Crippen LogP contribution is -2.30. The molecule has 0 aliphatic carbocycles. The predicted octanol–water partition coefficient (Wildman–Crippen LogP) is 3.57. The van der Waals surface area contributed by atoms with Crippen molar-refractivity contribution in [3.05, 3.63) is 99.9 Å². The van der Waals surface area contributed by atoms with E-state index in [1.165, 1.54) is 12.1 Å². The van der Waals surface area contributed by atoms with Gasteiger partial charge in [-0.15, -0.1) is 0 Å². The van der Waals surface area contributed by atoms with Crippen LogP contribution in [0.1, 0.15) is 27.7 Å². The number of methoxy groups -OCH3 is 1. The smallest absolute Gasteiger partial charge is 0.293 e. The first kappa shape index (κ1) is 20.9. The summed E-state index contributed by atoms with van der Waals surface area (Å²) in [7, 11) is 1.55. The third kappa shape index (κ3) is 5.18. The van der Waals surface area contributed by atoms with Gasteiger partial charge in [0.05, 0.1) is 23.3 Å². The van der Waals surface area contributed by atoms with Crippen LogP contribution in [0.25, 0.3) is 0 Å². The zero-order valence-corrected chi connectivity index (χ0v) is 16.4. The molecular weight excluding hydrogens is 384 g/mol. The molecule has 3 rings (SSSR count). The third-order valence-electron chi connectivity index (χ3n) is 4.47. The van der Waals surface area contributed by atoms with Crippen molar-refractivity contribution in [1.29, 1.82) is 0 Å². The summed E-state index contributed by atoms with van der Waals surface area (Å²) in [4.78, 5) is 28.3. The molecule has 154 valence electrons. The van der Waals surface area contributed by atoms with Crippen LogP contribution in [0, 0.1) is 10.1 Å². The van der Waals surface area contributed by atoms with E-state index >= 15 is 0 Å². The highest BCUT2D eigenvalue weighted by Gasteiger charge is 2.22. The van der Waals surface area contributed by atoms with E-state index in [-0.39, 0.29) is 11.3 Å². The number of nitro groups is 1. The summed E-state index contributed by atoms with van der Waals surface area (Å²) in [5.41, 5.74) is 1.88. The Balaban J connectivity index is 1.87. The number of ether oxygens (including phenoxy) is 1. The number of nitrogens with one attached hydrogen (secondary N) is 2. The number of anilines is 1. The maximum Gasteiger partial charge on any atom is 0.293 e. The number of pyridine rings is 1. The van der Waals surface area contributed by atoms with Crippen LogP contribution in [0.2, 0.25) is 0 Å². The van der Waals surface area contributed by atoms with E-state index in [1.54, 1.807) is 25.4 Å². The average Bonchev–Trinajstić information content (AvgIpc) is 2.78. The zero-order chi connectivity index (χ0) is 21.3. The Kier molecular flexibility index (Phi) is 7.07. The SMILES string of the molecule is COCCNc1ccc(C(=O)NC(c2ccccc2)c2ccccn2)cc1[N+](=O)[O-]. The van der Waals surface area contributed by atoms with E-state index in [0.717, 1.165) is 5.56 Å². The highest BCUT2D eigenvalue weighted by Crippen LogP contribution is 2.26. The monoisotopic (exact) mass is 406 g/mol. The molecule has 0 aliphatic rings. The molecule has 0 radical (unpaired) electrons. The quantitative estimate of drug-likeness (QED) is 0.320. The minimum atomic E-state index is -0.515. The second-order valence-corrected chi connectivity index (χ2v) is 6.48. The normalized spacial score (nSPS) is 11.5. The number of aromatic nitrogens is 1. The van der Waals surface area contributed by atoms with Crippen LogP contribution in [0.4, 0.5) is 11.4 Å². The van der Waals surface area contributed by atoms with Crippen molar-refractivity contribution in [1.82, 2.24) is 10.3 Å². The van der Waals surface area contributed by atoms with Gasteiger partial charge in [0, 0.05) is 31.5 Å². The Bertz CT molecular complexity index is 957. The molecule has 0 saturated heterocycles. The Morgan fingerprint density at radius 1 is 1.13 bits per heavy atom. The van der Waals surface area contributed by atoms with E-state index in [9.17, 15) is 14.9 Å². The Labute approximate surface area is 174 Å². The topological polar surface area (TPSA) is 106 Å². The largest absolute Gasteiger partial charge is 0.383 e. The molecule has 0 spiro atoms. The summed E-state index contributed by atoms with van der Waals surface area (Å²) < 4.78 is 4.95. The van der Waals surface area contributed by atoms with Crippen molar-refractivity contribution < 1.29 is 14.5 Å². The summed E-state index contributed by atoms with van der Waals surface area (Å²) in [6.45, 7) is 0.820. The fourth-order valence-electron chi connectivity index (χ4n) is 3.00. The molecule has 3 aromatic rings. The van der Waals surface area contributed by atoms with Gasteiger partial charge in [0.25, 0.3) is 11.6 Å². The fourth-order valence-corrected chi connectivity index (χ4v) is 3.00. The first-order chi connectivity index (χ1) is 14.6. The van der Waals surface area contributed by atoms with Crippen LogP contribution in [0.3, 0.4) is 0 Å². The van der Waals surface area contributed by atoms with Crippen molar-refractivity contribution in [2.45, 2.75) is 6.04 Å². The molecule has 0 aliphatic heterocycles. The van der Waals surface area contributed by atoms with Crippen molar-refractivity contribution in [2.75, 3.05) is 25.6 Å². The van der Waals surface area contributed by atoms with E-state index in [1.807, 2.05) is 42.5 Å². The number of nitro benzene ring substituents is 1. The van der Waals surface area contributed by atoms with Crippen LogP contribution >= 0.6 is 0 Å². The molecule has 1 atom stereocenters. The molecule has 2 aromatic carbocycles. The first-order valence-electron chi connectivity index (χ1n) is 9.38. The van der Waals surface area contributed by atoms with Gasteiger partial charge in [-0.05, 0) is 29.8 Å². The molecule has 8 nitrogen and oxygen atoms in total. The number of carbonyl (C=O) groups excluding carboxylic acids is 1. The lowest BCUT2D eigenvalue weighted by Gasteiger charge is -2.19. The van der Waals surface area contributed by atoms with Crippen LogP contribution in [-0.4, -0.2) is 36.1 Å². The van der Waals surface area contributed by atoms with E-state index in [0.29, 0.717) is 24.5 Å². The summed E-state index contributed by atoms with van der Waals surface area (Å²) in [5.74, 6) is -0.430. The van der Waals surface area contributed by atoms with Gasteiger partial charge >= 0.3 is 0 Å². The lowest BCUT2D eigenvalue weighted by atomic mass is 10.0. The van der Waals surface area contributed by atoms with Gasteiger partial charge in [-0.1, -0.05) is 36.4 Å². The van der Waals surface area contributed by atoms with Crippen LogP contribution in [0.5, 0.6) is 0 Å². The highest BCUT2D eigenvalue weighted by molar-refractivity contribution is 5.96. The molecular formula is C22H22N4O4. The molecule has 2 N–H and O–H groups in total. The van der Waals surface area contributed by atoms with Gasteiger partial charge in [-0.2, -0.15) is 0 Å². The molecule has 0 fully saturated rings. The number of nitrogens with zero attached hydrogens (tertiary/aromatic N) is 2. The molecule has 1 aromatic heterocycles. The molecule has 1 amide bonds. The van der Waals surface area contributed by atoms with Gasteiger partial charge in [0.15, 0.2) is 0 Å². The van der Waals surface area contributed by atoms with Crippen molar-refractivity contribution >= 4 is 17.3 Å². The predicted molar refractivity (Wildman–Crippen MR) is 113 cm³/mol. The van der Waals surface area contributed by atoms with Crippen LogP contribution in [-0.2, 0) is 4.74 Å². The fraction of sp³-hybridized carbons (Fsp3) is 0.182. The standard InChI is InChI=1S/C22H22N4O4/c1-30-14-13-24-18-11-10-17(15-20(18)26(28)29)22(27)25-21(16-7-3-2-4-8-16)19-9-5-6-12-23-19/h2-12,15,21,24H,13-14H2,1H3,(H,25,27). The van der Waals surface area contributed by atoms with Crippen molar-refractivity contribution in [3.63, 3.8) is 0 Å². The van der Waals surface area contributed by atoms with Crippen LogP contribution in [0.15, 0.2) is 72.9 Å². The molecule has 0 saturated carbocycles. The van der Waals surface area contributed by atoms with Gasteiger partial charge < -0.3 is 15.4 Å². The minimum absolute atomic E-state index is 0.173. The average molecular weight is 406 g/mol. The lowest BCUT2D eigenvalue weighted by molar-refractivity contribution is -0.384. The summed E-state index contributed by atoms with van der Waals surface area (Å²) in [5, 5.41) is 17.4. The van der Waals surface area contributed by atoms with E-state index in [2.05, 4.69) is 15.6 Å². The number of amides is 1. The van der Waals surface area contributed by atoms with E-state index < -0.39 is 16.9 Å². The molecule has 0 bridgehead atoms. The molecule has 8 heteroatoms. The van der Waals surface area contributed by atoms with Gasteiger partial charge in [-0.25, -0.2) is 0 Å². The number of benzene rings is 2. The van der Waals surface area contributed by atoms with E-state index in [4.69, 9.17) is 4.74 Å². The Hall–Kier alpha value is -3.78. The van der Waals surface area contributed by atoms with Crippen LogP contribution < -0.4 is 10.6 Å². The maximum absolute atomic E-state index is 12.9. The molecule has 1 heterocycles. The Morgan fingerprint density at radius 2 is 1.90 bits per heavy atom. The second kappa shape index (κ2) is 10.1. The van der Waals surface area contributed by atoms with Crippen molar-refractivity contribution in [2.24, 2.45) is 0 Å². The van der Waals surface area contributed by atoms with Gasteiger partial charge in [-0.3, -0.25) is 19.9 Å². The third-order valence-corrected chi connectivity index (χ3v) is 4.47. The summed E-state index contributed by atoms with van der Waals surface area (Å²) in [6.07, 6.45) is 1.66. The molecule has 30 heavy (non-hydrogen) atoms. The number of rotatable bonds is 9. The number of hydrogen-bond acceptors (Lipinski definition) is 6. The van der Waals surface area contributed by atoms with Gasteiger partial charge in [0.1, 0.15) is 5.69 Å². The summed E-state index contributed by atoms with van der Waals surface area (Å²) >= 11 is 0. The summed E-state index contributed by atoms with van der Waals surface area (Å²) in [6, 6.07) is 18.8.